The number of halogens is 2. The fraction of sp³-hybridized carbons (Fsp3) is 0.310. The molecule has 0 saturated carbocycles. The molecule has 3 aromatic rings. The van der Waals surface area contributed by atoms with Gasteiger partial charge in [0.15, 0.2) is 0 Å². The summed E-state index contributed by atoms with van der Waals surface area (Å²) in [5, 5.41) is 0. The van der Waals surface area contributed by atoms with E-state index in [-0.39, 0.29) is 41.7 Å². The summed E-state index contributed by atoms with van der Waals surface area (Å²) in [6.07, 6.45) is 2.44. The van der Waals surface area contributed by atoms with Gasteiger partial charge in [0, 0.05) is 30.9 Å². The maximum Gasteiger partial charge on any atom is 0.387 e. The first-order valence-corrected chi connectivity index (χ1v) is 14.4. The molecule has 0 radical (unpaired) electrons. The average Bonchev–Trinajstić information content (AvgIpc) is 2.86. The minimum Gasteiger partial charge on any atom is -0.433 e. The summed E-state index contributed by atoms with van der Waals surface area (Å²) in [5.41, 5.74) is 3.30. The SMILES string of the molecule is Cc1ccc(CC(=O)C[C@@H]2CCCN(c3ccc(-c4ccccc4NS(C)(=O)=O)cc3OC(F)F)C2=O)cc1. The van der Waals surface area contributed by atoms with Gasteiger partial charge in [0.05, 0.1) is 17.6 Å². The lowest BCUT2D eigenvalue weighted by atomic mass is 9.89. The molecule has 1 aliphatic rings. The number of ether oxygens (including phenoxy) is 1. The molecule has 0 aromatic heterocycles. The lowest BCUT2D eigenvalue weighted by Crippen LogP contribution is -2.42. The van der Waals surface area contributed by atoms with Crippen LogP contribution in [0.1, 0.15) is 30.4 Å². The number of hydrogen-bond acceptors (Lipinski definition) is 5. The topological polar surface area (TPSA) is 92.8 Å². The van der Waals surface area contributed by atoms with Crippen molar-refractivity contribution in [2.24, 2.45) is 5.92 Å². The molecule has 0 spiro atoms. The molecule has 7 nitrogen and oxygen atoms in total. The first-order valence-electron chi connectivity index (χ1n) is 12.5. The Labute approximate surface area is 226 Å². The Kier molecular flexibility index (Phi) is 8.64. The quantitative estimate of drug-likeness (QED) is 0.352. The lowest BCUT2D eigenvalue weighted by Gasteiger charge is -2.33. The number of ketones is 1. The Balaban J connectivity index is 1.59. The highest BCUT2D eigenvalue weighted by atomic mass is 32.2. The second kappa shape index (κ2) is 11.9. The fourth-order valence-corrected chi connectivity index (χ4v) is 5.36. The summed E-state index contributed by atoms with van der Waals surface area (Å²) in [4.78, 5) is 27.6. The van der Waals surface area contributed by atoms with E-state index in [1.54, 1.807) is 30.3 Å². The molecule has 10 heteroatoms. The molecule has 4 rings (SSSR count). The molecule has 39 heavy (non-hydrogen) atoms. The van der Waals surface area contributed by atoms with Gasteiger partial charge in [-0.15, -0.1) is 0 Å². The van der Waals surface area contributed by atoms with Gasteiger partial charge in [-0.2, -0.15) is 8.78 Å². The predicted octanol–water partition coefficient (Wildman–Crippen LogP) is 5.58. The number of benzene rings is 3. The van der Waals surface area contributed by atoms with E-state index in [2.05, 4.69) is 4.72 Å². The molecule has 0 aliphatic carbocycles. The highest BCUT2D eigenvalue weighted by Gasteiger charge is 2.33. The number of alkyl halides is 2. The van der Waals surface area contributed by atoms with Crippen LogP contribution < -0.4 is 14.4 Å². The van der Waals surface area contributed by atoms with E-state index in [1.165, 1.54) is 17.0 Å². The van der Waals surface area contributed by atoms with Crippen molar-refractivity contribution in [3.05, 3.63) is 77.9 Å². The van der Waals surface area contributed by atoms with Crippen LogP contribution in [0.25, 0.3) is 11.1 Å². The number of anilines is 2. The molecule has 1 heterocycles. The Morgan fingerprint density at radius 1 is 1.10 bits per heavy atom. The number of aryl methyl sites for hydroxylation is 1. The number of carbonyl (C=O) groups is 2. The minimum absolute atomic E-state index is 0.0616. The maximum atomic E-state index is 13.4. The molecule has 206 valence electrons. The number of nitrogens with one attached hydrogen (secondary N) is 1. The van der Waals surface area contributed by atoms with Gasteiger partial charge in [-0.1, -0.05) is 54.1 Å². The van der Waals surface area contributed by atoms with Crippen molar-refractivity contribution in [1.29, 1.82) is 0 Å². The van der Waals surface area contributed by atoms with Gasteiger partial charge in [0.2, 0.25) is 15.9 Å². The van der Waals surface area contributed by atoms with Crippen LogP contribution in [0.5, 0.6) is 5.75 Å². The van der Waals surface area contributed by atoms with E-state index >= 15 is 0 Å². The van der Waals surface area contributed by atoms with Gasteiger partial charge in [-0.3, -0.25) is 14.3 Å². The Morgan fingerprint density at radius 2 is 1.82 bits per heavy atom. The molecule has 1 fully saturated rings. The number of rotatable bonds is 10. The van der Waals surface area contributed by atoms with Crippen LogP contribution in [-0.4, -0.2) is 39.5 Å². The third-order valence-corrected chi connectivity index (χ3v) is 7.14. The van der Waals surface area contributed by atoms with Gasteiger partial charge in [0.25, 0.3) is 0 Å². The predicted molar refractivity (Wildman–Crippen MR) is 147 cm³/mol. The molecule has 0 unspecified atom stereocenters. The van der Waals surface area contributed by atoms with Crippen molar-refractivity contribution in [3.8, 4) is 16.9 Å². The molecule has 1 atom stereocenters. The number of para-hydroxylation sites is 1. The molecule has 1 aliphatic heterocycles. The maximum absolute atomic E-state index is 13.4. The highest BCUT2D eigenvalue weighted by molar-refractivity contribution is 7.92. The van der Waals surface area contributed by atoms with Crippen molar-refractivity contribution in [2.75, 3.05) is 22.4 Å². The van der Waals surface area contributed by atoms with Gasteiger partial charge >= 0.3 is 6.61 Å². The Morgan fingerprint density at radius 3 is 2.51 bits per heavy atom. The standard InChI is InChI=1S/C29H30F2N2O5S/c1-19-9-11-20(12-10-19)16-23(34)17-22-6-5-15-33(28(22)35)26-14-13-21(18-27(26)38-29(30)31)24-7-3-4-8-25(24)32-39(2,36)37/h3-4,7-14,18,22,29,32H,5-6,15-17H2,1-2H3/t22-/m0/s1. The zero-order valence-corrected chi connectivity index (χ0v) is 22.5. The Bertz CT molecular complexity index is 1460. The third kappa shape index (κ3) is 7.41. The highest BCUT2D eigenvalue weighted by Crippen LogP contribution is 2.39. The number of piperidine rings is 1. The number of nitrogens with zero attached hydrogens (tertiary/aromatic N) is 1. The van der Waals surface area contributed by atoms with Crippen LogP contribution in [0, 0.1) is 12.8 Å². The number of carbonyl (C=O) groups excluding carboxylic acids is 2. The van der Waals surface area contributed by atoms with Crippen LogP contribution in [0.4, 0.5) is 20.2 Å². The van der Waals surface area contributed by atoms with Gasteiger partial charge in [0.1, 0.15) is 11.5 Å². The van der Waals surface area contributed by atoms with Crippen molar-refractivity contribution in [1.82, 2.24) is 0 Å². The zero-order chi connectivity index (χ0) is 28.2. The van der Waals surface area contributed by atoms with Crippen LogP contribution in [-0.2, 0) is 26.0 Å². The lowest BCUT2D eigenvalue weighted by molar-refractivity contribution is -0.128. The fourth-order valence-electron chi connectivity index (χ4n) is 4.78. The van der Waals surface area contributed by atoms with Crippen LogP contribution >= 0.6 is 0 Å². The smallest absolute Gasteiger partial charge is 0.387 e. The third-order valence-electron chi connectivity index (χ3n) is 6.55. The van der Waals surface area contributed by atoms with Gasteiger partial charge < -0.3 is 9.64 Å². The molecule has 1 N–H and O–H groups in total. The number of sulfonamides is 1. The van der Waals surface area contributed by atoms with Crippen LogP contribution in [0.3, 0.4) is 0 Å². The normalized spacial score (nSPS) is 15.9. The minimum atomic E-state index is -3.59. The van der Waals surface area contributed by atoms with Gasteiger partial charge in [-0.25, -0.2) is 8.42 Å². The van der Waals surface area contributed by atoms with Crippen molar-refractivity contribution >= 4 is 33.1 Å². The first-order chi connectivity index (χ1) is 18.5. The summed E-state index contributed by atoms with van der Waals surface area (Å²) in [5.74, 6) is -1.15. The zero-order valence-electron chi connectivity index (χ0n) is 21.7. The van der Waals surface area contributed by atoms with Gasteiger partial charge in [-0.05, 0) is 49.1 Å². The average molecular weight is 557 g/mol. The second-order valence-electron chi connectivity index (χ2n) is 9.72. The molecule has 1 saturated heterocycles. The molecule has 0 bridgehead atoms. The molecule has 1 amide bonds. The van der Waals surface area contributed by atoms with E-state index in [1.807, 2.05) is 31.2 Å². The van der Waals surface area contributed by atoms with Crippen molar-refractivity contribution in [2.45, 2.75) is 39.2 Å². The number of Topliss-reactive ketones (excluding diaryl/α,β-unsaturated/α-hetero) is 1. The summed E-state index contributed by atoms with van der Waals surface area (Å²) < 4.78 is 57.7. The second-order valence-corrected chi connectivity index (χ2v) is 11.5. The van der Waals surface area contributed by atoms with Crippen molar-refractivity contribution < 1.29 is 31.5 Å². The van der Waals surface area contributed by atoms with Crippen LogP contribution in [0.2, 0.25) is 0 Å². The Hall–Kier alpha value is -3.79. The largest absolute Gasteiger partial charge is 0.433 e. The number of hydrogen-bond donors (Lipinski definition) is 1. The van der Waals surface area contributed by atoms with E-state index in [0.717, 1.165) is 17.4 Å². The summed E-state index contributed by atoms with van der Waals surface area (Å²) >= 11 is 0. The van der Waals surface area contributed by atoms with E-state index in [0.29, 0.717) is 30.5 Å². The number of amides is 1. The van der Waals surface area contributed by atoms with Crippen LogP contribution in [0.15, 0.2) is 66.7 Å². The van der Waals surface area contributed by atoms with E-state index < -0.39 is 22.6 Å². The summed E-state index contributed by atoms with van der Waals surface area (Å²) in [6, 6.07) is 18.7. The molecular weight excluding hydrogens is 526 g/mol. The van der Waals surface area contributed by atoms with E-state index in [9.17, 15) is 26.8 Å². The monoisotopic (exact) mass is 556 g/mol. The van der Waals surface area contributed by atoms with Crippen molar-refractivity contribution in [3.63, 3.8) is 0 Å². The summed E-state index contributed by atoms with van der Waals surface area (Å²) in [6.45, 7) is -0.882. The summed E-state index contributed by atoms with van der Waals surface area (Å²) in [7, 11) is -3.59. The first kappa shape index (κ1) is 28.2. The van der Waals surface area contributed by atoms with E-state index in [4.69, 9.17) is 4.74 Å². The molecule has 3 aromatic carbocycles. The molecular formula is C29H30F2N2O5S.